The summed E-state index contributed by atoms with van der Waals surface area (Å²) in [5.41, 5.74) is 1.26. The third-order valence-electron chi connectivity index (χ3n) is 7.88. The van der Waals surface area contributed by atoms with Crippen LogP contribution in [0, 0.1) is 0 Å². The summed E-state index contributed by atoms with van der Waals surface area (Å²) in [6, 6.07) is 14.5. The van der Waals surface area contributed by atoms with E-state index in [9.17, 15) is 19.5 Å². The van der Waals surface area contributed by atoms with Crippen LogP contribution in [0.5, 0.6) is 5.75 Å². The van der Waals surface area contributed by atoms with Gasteiger partial charge in [0.2, 0.25) is 5.91 Å². The number of benzene rings is 2. The zero-order valence-corrected chi connectivity index (χ0v) is 25.5. The van der Waals surface area contributed by atoms with Gasteiger partial charge in [0.1, 0.15) is 11.6 Å². The minimum Gasteiger partial charge on any atom is -0.506 e. The smallest absolute Gasteiger partial charge is 0.259 e. The molecule has 12 heteroatoms. The molecule has 10 nitrogen and oxygen atoms in total. The van der Waals surface area contributed by atoms with Crippen LogP contribution < -0.4 is 10.6 Å². The van der Waals surface area contributed by atoms with Gasteiger partial charge < -0.3 is 25.5 Å². The molecular weight excluding hydrogens is 591 g/mol. The molecule has 0 aliphatic carbocycles. The van der Waals surface area contributed by atoms with Crippen LogP contribution in [0.4, 0.5) is 11.5 Å². The van der Waals surface area contributed by atoms with Gasteiger partial charge in [-0.1, -0.05) is 29.8 Å². The molecule has 3 aromatic rings. The Labute approximate surface area is 262 Å². The summed E-state index contributed by atoms with van der Waals surface area (Å²) < 4.78 is 0. The van der Waals surface area contributed by atoms with Crippen LogP contribution >= 0.6 is 24.0 Å². The fraction of sp³-hybridized carbons (Fsp3) is 0.355. The second-order valence-corrected chi connectivity index (χ2v) is 11.2. The van der Waals surface area contributed by atoms with Crippen LogP contribution in [-0.2, 0) is 4.79 Å². The fourth-order valence-electron chi connectivity index (χ4n) is 5.35. The molecule has 3 N–H and O–H groups in total. The standard InChI is InChI=1S/C31H35ClN6O4.ClH/c1-36-14-16-37(17-15-36)18-19-38-13-3-5-24(31(38)42)21-7-9-22(10-8-21)29(40)35-28-25(4-2-6-26(28)39)30(41)34-27-12-11-23(32)20-33-27;/h2,4,6-12,20,24,39H,3,5,13-19H2,1H3,(H,35,40)(H,33,34,41);1H. The number of amides is 3. The van der Waals surface area contributed by atoms with E-state index in [1.165, 1.54) is 24.4 Å². The number of nitrogens with zero attached hydrogens (tertiary/aromatic N) is 4. The summed E-state index contributed by atoms with van der Waals surface area (Å²) in [7, 11) is 2.13. The summed E-state index contributed by atoms with van der Waals surface area (Å²) >= 11 is 5.86. The maximum Gasteiger partial charge on any atom is 0.259 e. The van der Waals surface area contributed by atoms with Crippen LogP contribution in [0.2, 0.25) is 5.02 Å². The lowest BCUT2D eigenvalue weighted by Gasteiger charge is -2.36. The third kappa shape index (κ3) is 8.03. The summed E-state index contributed by atoms with van der Waals surface area (Å²) in [5.74, 6) is -1.13. The highest BCUT2D eigenvalue weighted by molar-refractivity contribution is 6.30. The Kier molecular flexibility index (Phi) is 11.0. The normalized spacial score (nSPS) is 17.7. The molecule has 1 unspecified atom stereocenters. The first-order chi connectivity index (χ1) is 20.3. The third-order valence-corrected chi connectivity index (χ3v) is 8.11. The lowest BCUT2D eigenvalue weighted by Crippen LogP contribution is -2.49. The molecule has 1 atom stereocenters. The zero-order chi connectivity index (χ0) is 29.6. The number of rotatable bonds is 8. The summed E-state index contributed by atoms with van der Waals surface area (Å²) in [4.78, 5) is 50.2. The van der Waals surface area contributed by atoms with Crippen molar-refractivity contribution in [3.05, 3.63) is 82.5 Å². The van der Waals surface area contributed by atoms with E-state index in [2.05, 4.69) is 32.5 Å². The molecule has 2 fully saturated rings. The second-order valence-electron chi connectivity index (χ2n) is 10.8. The number of hydrogen-bond acceptors (Lipinski definition) is 7. The van der Waals surface area contributed by atoms with E-state index in [-0.39, 0.29) is 47.1 Å². The fourth-order valence-corrected chi connectivity index (χ4v) is 5.46. The van der Waals surface area contributed by atoms with Crippen molar-refractivity contribution in [3.8, 4) is 5.75 Å². The van der Waals surface area contributed by atoms with Crippen molar-refractivity contribution in [3.63, 3.8) is 0 Å². The highest BCUT2D eigenvalue weighted by Crippen LogP contribution is 2.30. The molecule has 0 spiro atoms. The highest BCUT2D eigenvalue weighted by atomic mass is 35.5. The lowest BCUT2D eigenvalue weighted by molar-refractivity contribution is -0.135. The number of anilines is 2. The minimum absolute atomic E-state index is 0. The molecule has 0 radical (unpaired) electrons. The molecule has 0 saturated carbocycles. The van der Waals surface area contributed by atoms with Gasteiger partial charge in [-0.25, -0.2) is 4.98 Å². The molecule has 2 aliphatic heterocycles. The molecule has 2 saturated heterocycles. The van der Waals surface area contributed by atoms with E-state index in [1.54, 1.807) is 24.3 Å². The molecule has 3 amide bonds. The molecular formula is C31H36Cl2N6O4. The largest absolute Gasteiger partial charge is 0.506 e. The van der Waals surface area contributed by atoms with Gasteiger partial charge in [-0.05, 0) is 61.9 Å². The maximum absolute atomic E-state index is 13.3. The number of phenolic OH excluding ortho intramolecular Hbond substituents is 1. The molecule has 0 bridgehead atoms. The number of carbonyl (C=O) groups is 3. The number of para-hydroxylation sites is 1. The molecule has 2 aromatic carbocycles. The Hall–Kier alpha value is -3.70. The molecule has 5 rings (SSSR count). The van der Waals surface area contributed by atoms with Crippen LogP contribution in [0.3, 0.4) is 0 Å². The topological polar surface area (TPSA) is 118 Å². The number of phenols is 1. The first kappa shape index (κ1) is 32.2. The van der Waals surface area contributed by atoms with Crippen molar-refractivity contribution in [2.45, 2.75) is 18.8 Å². The SMILES string of the molecule is CN1CCN(CCN2CCCC(c3ccc(C(=O)Nc4c(O)cccc4C(=O)Nc4ccc(Cl)cn4)cc3)C2=O)CC1.Cl. The van der Waals surface area contributed by atoms with E-state index in [1.807, 2.05) is 17.0 Å². The van der Waals surface area contributed by atoms with Crippen LogP contribution in [0.25, 0.3) is 0 Å². The van der Waals surface area contributed by atoms with Crippen LogP contribution in [-0.4, -0.2) is 95.4 Å². The van der Waals surface area contributed by atoms with Gasteiger partial charge in [0.05, 0.1) is 22.2 Å². The average molecular weight is 628 g/mol. The number of halogens is 2. The van der Waals surface area contributed by atoms with Gasteiger partial charge in [-0.15, -0.1) is 12.4 Å². The Bertz CT molecular complexity index is 1430. The summed E-state index contributed by atoms with van der Waals surface area (Å²) in [6.45, 7) is 6.54. The molecule has 3 heterocycles. The summed E-state index contributed by atoms with van der Waals surface area (Å²) in [6.07, 6.45) is 3.11. The number of likely N-dealkylation sites (tertiary alicyclic amines) is 1. The second kappa shape index (κ2) is 14.7. The van der Waals surface area contributed by atoms with Gasteiger partial charge in [-0.3, -0.25) is 19.3 Å². The molecule has 228 valence electrons. The van der Waals surface area contributed by atoms with E-state index >= 15 is 0 Å². The number of likely N-dealkylation sites (N-methyl/N-ethyl adjacent to an activating group) is 1. The predicted molar refractivity (Wildman–Crippen MR) is 169 cm³/mol. The monoisotopic (exact) mass is 626 g/mol. The van der Waals surface area contributed by atoms with Crippen molar-refractivity contribution in [2.24, 2.45) is 0 Å². The highest BCUT2D eigenvalue weighted by Gasteiger charge is 2.30. The number of nitrogens with one attached hydrogen (secondary N) is 2. The van der Waals surface area contributed by atoms with E-state index in [0.29, 0.717) is 10.6 Å². The van der Waals surface area contributed by atoms with Crippen molar-refractivity contribution in [1.82, 2.24) is 19.7 Å². The Balaban J connectivity index is 0.00000423. The number of aromatic hydroxyl groups is 1. The van der Waals surface area contributed by atoms with Crippen molar-refractivity contribution < 1.29 is 19.5 Å². The Morgan fingerprint density at radius 3 is 2.40 bits per heavy atom. The molecule has 43 heavy (non-hydrogen) atoms. The predicted octanol–water partition coefficient (Wildman–Crippen LogP) is 4.32. The molecule has 2 aliphatic rings. The van der Waals surface area contributed by atoms with E-state index in [0.717, 1.165) is 64.2 Å². The van der Waals surface area contributed by atoms with Crippen molar-refractivity contribution in [2.75, 3.05) is 63.5 Å². The van der Waals surface area contributed by atoms with E-state index < -0.39 is 11.8 Å². The van der Waals surface area contributed by atoms with Gasteiger partial charge >= 0.3 is 0 Å². The Morgan fingerprint density at radius 1 is 0.953 bits per heavy atom. The number of piperidine rings is 1. The maximum atomic E-state index is 13.3. The number of pyridine rings is 1. The summed E-state index contributed by atoms with van der Waals surface area (Å²) in [5, 5.41) is 16.2. The van der Waals surface area contributed by atoms with Crippen LogP contribution in [0.1, 0.15) is 45.0 Å². The van der Waals surface area contributed by atoms with Gasteiger partial charge in [0, 0.05) is 57.6 Å². The van der Waals surface area contributed by atoms with Crippen molar-refractivity contribution in [1.29, 1.82) is 0 Å². The first-order valence-corrected chi connectivity index (χ1v) is 14.5. The minimum atomic E-state index is -0.556. The first-order valence-electron chi connectivity index (χ1n) is 14.1. The number of carbonyl (C=O) groups excluding carboxylic acids is 3. The number of hydrogen-bond donors (Lipinski definition) is 3. The number of aromatic nitrogens is 1. The van der Waals surface area contributed by atoms with Gasteiger partial charge in [0.25, 0.3) is 11.8 Å². The van der Waals surface area contributed by atoms with Crippen LogP contribution in [0.15, 0.2) is 60.8 Å². The quantitative estimate of drug-likeness (QED) is 0.319. The van der Waals surface area contributed by atoms with Crippen molar-refractivity contribution >= 4 is 53.2 Å². The zero-order valence-electron chi connectivity index (χ0n) is 24.0. The average Bonchev–Trinajstić information content (AvgIpc) is 2.99. The lowest BCUT2D eigenvalue weighted by atomic mass is 9.89. The number of piperazine rings is 1. The van der Waals surface area contributed by atoms with Gasteiger partial charge in [0.15, 0.2) is 0 Å². The Morgan fingerprint density at radius 2 is 1.70 bits per heavy atom. The van der Waals surface area contributed by atoms with Gasteiger partial charge in [-0.2, -0.15) is 0 Å². The van der Waals surface area contributed by atoms with E-state index in [4.69, 9.17) is 11.6 Å². The molecule has 1 aromatic heterocycles.